The van der Waals surface area contributed by atoms with E-state index in [1.54, 1.807) is 0 Å². The largest absolute Gasteiger partial charge is 0.469 e. The summed E-state index contributed by atoms with van der Waals surface area (Å²) < 4.78 is 4.90. The second-order valence-electron chi connectivity index (χ2n) is 9.09. The number of rotatable bonds is 5. The number of benzene rings is 1. The molecule has 1 N–H and O–H groups in total. The minimum Gasteiger partial charge on any atom is -0.469 e. The molecule has 2 heterocycles. The van der Waals surface area contributed by atoms with Gasteiger partial charge in [-0.15, -0.1) is 0 Å². The molecule has 6 nitrogen and oxygen atoms in total. The number of piperidine rings is 2. The molecule has 2 unspecified atom stereocenters. The maximum Gasteiger partial charge on any atom is 0.308 e. The average Bonchev–Trinajstić information content (AvgIpc) is 2.74. The molecule has 30 heavy (non-hydrogen) atoms. The first-order valence-corrected chi connectivity index (χ1v) is 11.3. The van der Waals surface area contributed by atoms with Crippen LogP contribution < -0.4 is 5.32 Å². The number of carbonyl (C=O) groups is 1. The maximum atomic E-state index is 11.8. The van der Waals surface area contributed by atoms with E-state index in [-0.39, 0.29) is 11.9 Å². The second-order valence-corrected chi connectivity index (χ2v) is 9.09. The highest BCUT2D eigenvalue weighted by Gasteiger charge is 2.27. The van der Waals surface area contributed by atoms with Gasteiger partial charge in [-0.2, -0.15) is 0 Å². The van der Waals surface area contributed by atoms with E-state index in [0.29, 0.717) is 0 Å². The zero-order valence-electron chi connectivity index (χ0n) is 19.1. The number of methoxy groups -OCH3 is 1. The van der Waals surface area contributed by atoms with Crippen LogP contribution in [-0.4, -0.2) is 62.1 Å². The first-order chi connectivity index (χ1) is 14.5. The summed E-state index contributed by atoms with van der Waals surface area (Å²) in [4.78, 5) is 21.1. The average molecular weight is 415 g/mol. The van der Waals surface area contributed by atoms with Crippen molar-refractivity contribution in [3.63, 3.8) is 0 Å². The SMILES string of the molecule is CN=C(NCc1ccccc1CN1CC(C)CC(C)C1)N1CCC(C(=O)OC)CC1. The number of nitrogens with one attached hydrogen (secondary N) is 1. The highest BCUT2D eigenvalue weighted by molar-refractivity contribution is 5.80. The smallest absolute Gasteiger partial charge is 0.308 e. The summed E-state index contributed by atoms with van der Waals surface area (Å²) in [5.74, 6) is 2.37. The Morgan fingerprint density at radius 3 is 2.37 bits per heavy atom. The lowest BCUT2D eigenvalue weighted by Gasteiger charge is -2.35. The Hall–Kier alpha value is -2.08. The third-order valence-electron chi connectivity index (χ3n) is 6.43. The fraction of sp³-hybridized carbons (Fsp3) is 0.667. The summed E-state index contributed by atoms with van der Waals surface area (Å²) in [7, 11) is 3.30. The number of guanidine groups is 1. The van der Waals surface area contributed by atoms with Crippen molar-refractivity contribution in [3.8, 4) is 0 Å². The van der Waals surface area contributed by atoms with E-state index in [9.17, 15) is 4.79 Å². The Morgan fingerprint density at radius 2 is 1.77 bits per heavy atom. The fourth-order valence-electron chi connectivity index (χ4n) is 5.05. The Balaban J connectivity index is 1.57. The molecule has 0 aliphatic carbocycles. The van der Waals surface area contributed by atoms with Crippen LogP contribution in [0.4, 0.5) is 0 Å². The molecule has 166 valence electrons. The minimum atomic E-state index is -0.0899. The summed E-state index contributed by atoms with van der Waals surface area (Å²) >= 11 is 0. The van der Waals surface area contributed by atoms with Crippen molar-refractivity contribution in [2.24, 2.45) is 22.7 Å². The molecule has 2 aliphatic rings. The molecule has 3 rings (SSSR count). The van der Waals surface area contributed by atoms with Crippen molar-refractivity contribution in [2.45, 2.75) is 46.2 Å². The molecule has 0 amide bonds. The highest BCUT2D eigenvalue weighted by atomic mass is 16.5. The van der Waals surface area contributed by atoms with E-state index in [4.69, 9.17) is 4.74 Å². The Morgan fingerprint density at radius 1 is 1.13 bits per heavy atom. The van der Waals surface area contributed by atoms with Crippen LogP contribution in [0.5, 0.6) is 0 Å². The predicted octanol–water partition coefficient (Wildman–Crippen LogP) is 3.12. The van der Waals surface area contributed by atoms with Gasteiger partial charge in [0.15, 0.2) is 5.96 Å². The summed E-state index contributed by atoms with van der Waals surface area (Å²) in [6, 6.07) is 8.73. The number of hydrogen-bond donors (Lipinski definition) is 1. The molecule has 2 saturated heterocycles. The lowest BCUT2D eigenvalue weighted by molar-refractivity contribution is -0.146. The van der Waals surface area contributed by atoms with Gasteiger partial charge in [0.2, 0.25) is 0 Å². The predicted molar refractivity (Wildman–Crippen MR) is 121 cm³/mol. The monoisotopic (exact) mass is 414 g/mol. The Kier molecular flexibility index (Phi) is 8.14. The first-order valence-electron chi connectivity index (χ1n) is 11.3. The number of nitrogens with zero attached hydrogens (tertiary/aromatic N) is 3. The zero-order valence-corrected chi connectivity index (χ0v) is 19.1. The molecule has 0 bridgehead atoms. The van der Waals surface area contributed by atoms with Gasteiger partial charge in [-0.1, -0.05) is 38.1 Å². The van der Waals surface area contributed by atoms with Crippen LogP contribution in [0.25, 0.3) is 0 Å². The lowest BCUT2D eigenvalue weighted by Crippen LogP contribution is -2.46. The molecular weight excluding hydrogens is 376 g/mol. The van der Waals surface area contributed by atoms with Gasteiger partial charge in [-0.3, -0.25) is 14.7 Å². The van der Waals surface area contributed by atoms with Crippen molar-refractivity contribution in [3.05, 3.63) is 35.4 Å². The zero-order chi connectivity index (χ0) is 21.5. The van der Waals surface area contributed by atoms with Crippen LogP contribution in [-0.2, 0) is 22.6 Å². The van der Waals surface area contributed by atoms with Crippen LogP contribution >= 0.6 is 0 Å². The van der Waals surface area contributed by atoms with Crippen molar-refractivity contribution in [2.75, 3.05) is 40.3 Å². The fourth-order valence-corrected chi connectivity index (χ4v) is 5.05. The molecular formula is C24H38N4O2. The number of carbonyl (C=O) groups excluding carboxylic acids is 1. The third kappa shape index (κ3) is 5.97. The van der Waals surface area contributed by atoms with Crippen LogP contribution in [0.3, 0.4) is 0 Å². The number of aliphatic imine (C=N–C) groups is 1. The summed E-state index contributed by atoms with van der Waals surface area (Å²) in [6.07, 6.45) is 2.97. The van der Waals surface area contributed by atoms with Crippen molar-refractivity contribution in [1.29, 1.82) is 0 Å². The van der Waals surface area contributed by atoms with E-state index in [1.165, 1.54) is 37.7 Å². The summed E-state index contributed by atoms with van der Waals surface area (Å²) in [5.41, 5.74) is 2.72. The topological polar surface area (TPSA) is 57.2 Å². The molecule has 1 aromatic carbocycles. The number of likely N-dealkylation sites (tertiary alicyclic amines) is 2. The van der Waals surface area contributed by atoms with E-state index in [0.717, 1.165) is 56.8 Å². The minimum absolute atomic E-state index is 0.0133. The Bertz CT molecular complexity index is 718. The second kappa shape index (κ2) is 10.8. The standard InChI is InChI=1S/C24H38N4O2/c1-18-13-19(2)16-27(15-18)17-22-8-6-5-7-21(22)14-26-24(25-3)28-11-9-20(10-12-28)23(29)30-4/h5-8,18-20H,9-17H2,1-4H3,(H,25,26). The molecule has 2 fully saturated rings. The molecule has 0 spiro atoms. The van der Waals surface area contributed by atoms with Crippen LogP contribution in [0, 0.1) is 17.8 Å². The van der Waals surface area contributed by atoms with Crippen LogP contribution in [0.1, 0.15) is 44.2 Å². The van der Waals surface area contributed by atoms with Gasteiger partial charge in [0, 0.05) is 46.3 Å². The van der Waals surface area contributed by atoms with Crippen molar-refractivity contribution < 1.29 is 9.53 Å². The van der Waals surface area contributed by atoms with Gasteiger partial charge in [-0.05, 0) is 42.2 Å². The van der Waals surface area contributed by atoms with Gasteiger partial charge in [0.1, 0.15) is 0 Å². The molecule has 0 aromatic heterocycles. The van der Waals surface area contributed by atoms with Crippen LogP contribution in [0.15, 0.2) is 29.3 Å². The quantitative estimate of drug-likeness (QED) is 0.456. The third-order valence-corrected chi connectivity index (χ3v) is 6.43. The van der Waals surface area contributed by atoms with Gasteiger partial charge < -0.3 is 15.0 Å². The highest BCUT2D eigenvalue weighted by Crippen LogP contribution is 2.23. The number of ether oxygens (including phenoxy) is 1. The van der Waals surface area contributed by atoms with Crippen LogP contribution in [0.2, 0.25) is 0 Å². The van der Waals surface area contributed by atoms with Crippen molar-refractivity contribution in [1.82, 2.24) is 15.1 Å². The van der Waals surface area contributed by atoms with Gasteiger partial charge in [-0.25, -0.2) is 0 Å². The lowest BCUT2D eigenvalue weighted by atomic mass is 9.91. The van der Waals surface area contributed by atoms with Gasteiger partial charge >= 0.3 is 5.97 Å². The number of hydrogen-bond acceptors (Lipinski definition) is 4. The van der Waals surface area contributed by atoms with E-state index >= 15 is 0 Å². The first kappa shape index (κ1) is 22.6. The molecule has 2 atom stereocenters. The molecule has 1 aromatic rings. The van der Waals surface area contributed by atoms with Crippen molar-refractivity contribution >= 4 is 11.9 Å². The molecule has 2 aliphatic heterocycles. The molecule has 0 saturated carbocycles. The van der Waals surface area contributed by atoms with Gasteiger partial charge in [0.25, 0.3) is 0 Å². The van der Waals surface area contributed by atoms with E-state index in [2.05, 4.69) is 58.2 Å². The molecule has 0 radical (unpaired) electrons. The van der Waals surface area contributed by atoms with E-state index < -0.39 is 0 Å². The summed E-state index contributed by atoms with van der Waals surface area (Å²) in [5, 5.41) is 3.55. The maximum absolute atomic E-state index is 11.8. The van der Waals surface area contributed by atoms with E-state index in [1.807, 2.05) is 7.05 Å². The summed E-state index contributed by atoms with van der Waals surface area (Å²) in [6.45, 7) is 10.5. The normalized spacial score (nSPS) is 24.0. The molecule has 6 heteroatoms. The number of esters is 1. The van der Waals surface area contributed by atoms with Gasteiger partial charge in [0.05, 0.1) is 13.0 Å². The Labute approximate surface area is 181 Å².